The van der Waals surface area contributed by atoms with Gasteiger partial charge in [-0.15, -0.1) is 0 Å². The maximum absolute atomic E-state index is 12.4. The van der Waals surface area contributed by atoms with E-state index in [1.807, 2.05) is 49.5 Å². The number of aromatic nitrogens is 1. The number of hydrogen-bond donors (Lipinski definition) is 2. The summed E-state index contributed by atoms with van der Waals surface area (Å²) < 4.78 is 0. The molecule has 0 fully saturated rings. The van der Waals surface area contributed by atoms with Crippen molar-refractivity contribution in [3.63, 3.8) is 0 Å². The molecule has 1 heterocycles. The minimum absolute atomic E-state index is 0.0176. The number of benzene rings is 2. The Morgan fingerprint density at radius 2 is 1.78 bits per heavy atom. The van der Waals surface area contributed by atoms with Crippen LogP contribution in [0.1, 0.15) is 35.3 Å². The molecule has 118 valence electrons. The fourth-order valence-electron chi connectivity index (χ4n) is 2.95. The van der Waals surface area contributed by atoms with Crippen molar-refractivity contribution in [1.29, 1.82) is 0 Å². The van der Waals surface area contributed by atoms with Crippen molar-refractivity contribution in [2.45, 2.75) is 26.2 Å². The van der Waals surface area contributed by atoms with E-state index in [-0.39, 0.29) is 11.3 Å². The molecule has 0 radical (unpaired) electrons. The van der Waals surface area contributed by atoms with Crippen molar-refractivity contribution in [2.24, 2.45) is 0 Å². The minimum Gasteiger partial charge on any atom is -0.361 e. The molecule has 0 saturated carbocycles. The molecule has 0 atom stereocenters. The van der Waals surface area contributed by atoms with E-state index in [1.54, 1.807) is 0 Å². The average Bonchev–Trinajstić information content (AvgIpc) is 2.98. The summed E-state index contributed by atoms with van der Waals surface area (Å²) in [6, 6.07) is 15.9. The summed E-state index contributed by atoms with van der Waals surface area (Å²) in [5.74, 6) is -0.0176. The highest BCUT2D eigenvalue weighted by atomic mass is 16.1. The van der Waals surface area contributed by atoms with Gasteiger partial charge in [-0.3, -0.25) is 4.79 Å². The summed E-state index contributed by atoms with van der Waals surface area (Å²) in [4.78, 5) is 15.7. The lowest BCUT2D eigenvalue weighted by Gasteiger charge is -2.25. The van der Waals surface area contributed by atoms with Crippen LogP contribution in [0, 0.1) is 6.92 Å². The third kappa shape index (κ3) is 3.00. The van der Waals surface area contributed by atoms with E-state index in [0.29, 0.717) is 6.54 Å². The number of hydrogen-bond acceptors (Lipinski definition) is 1. The van der Waals surface area contributed by atoms with Crippen LogP contribution in [0.4, 0.5) is 0 Å². The second kappa shape index (κ2) is 5.92. The molecule has 0 unspecified atom stereocenters. The molecule has 1 amide bonds. The predicted octanol–water partition coefficient (Wildman–Crippen LogP) is 4.18. The number of nitrogens with one attached hydrogen (secondary N) is 2. The molecule has 0 aliphatic carbocycles. The molecule has 3 nitrogen and oxygen atoms in total. The van der Waals surface area contributed by atoms with Crippen molar-refractivity contribution in [2.75, 3.05) is 6.54 Å². The summed E-state index contributed by atoms with van der Waals surface area (Å²) in [5, 5.41) is 4.29. The summed E-state index contributed by atoms with van der Waals surface area (Å²) in [6.07, 6.45) is 2.05. The van der Waals surface area contributed by atoms with Crippen LogP contribution in [0.15, 0.2) is 54.7 Å². The molecule has 2 N–H and O–H groups in total. The van der Waals surface area contributed by atoms with Gasteiger partial charge in [0.25, 0.3) is 5.91 Å². The Morgan fingerprint density at radius 3 is 2.57 bits per heavy atom. The molecular weight excluding hydrogens is 284 g/mol. The van der Waals surface area contributed by atoms with Gasteiger partial charge in [0.1, 0.15) is 0 Å². The van der Waals surface area contributed by atoms with E-state index >= 15 is 0 Å². The van der Waals surface area contributed by atoms with Crippen molar-refractivity contribution < 1.29 is 4.79 Å². The molecule has 0 aliphatic heterocycles. The monoisotopic (exact) mass is 306 g/mol. The third-order valence-corrected chi connectivity index (χ3v) is 4.40. The number of aromatic amines is 1. The Bertz CT molecular complexity index is 845. The lowest BCUT2D eigenvalue weighted by atomic mass is 9.84. The summed E-state index contributed by atoms with van der Waals surface area (Å²) in [6.45, 7) is 6.85. The van der Waals surface area contributed by atoms with Gasteiger partial charge >= 0.3 is 0 Å². The number of rotatable bonds is 4. The second-order valence-electron chi connectivity index (χ2n) is 6.63. The van der Waals surface area contributed by atoms with Gasteiger partial charge in [-0.2, -0.15) is 0 Å². The van der Waals surface area contributed by atoms with E-state index in [1.165, 1.54) is 10.9 Å². The summed E-state index contributed by atoms with van der Waals surface area (Å²) >= 11 is 0. The van der Waals surface area contributed by atoms with Crippen LogP contribution in [0.25, 0.3) is 10.9 Å². The van der Waals surface area contributed by atoms with Crippen LogP contribution in [-0.4, -0.2) is 17.4 Å². The zero-order valence-electron chi connectivity index (χ0n) is 13.8. The molecule has 0 bridgehead atoms. The Labute approximate surface area is 136 Å². The average molecular weight is 306 g/mol. The quantitative estimate of drug-likeness (QED) is 0.746. The molecule has 23 heavy (non-hydrogen) atoms. The fraction of sp³-hybridized carbons (Fsp3) is 0.250. The van der Waals surface area contributed by atoms with Crippen LogP contribution < -0.4 is 5.32 Å². The maximum atomic E-state index is 12.4. The van der Waals surface area contributed by atoms with Gasteiger partial charge in [-0.25, -0.2) is 0 Å². The first-order chi connectivity index (χ1) is 11.0. The number of carbonyl (C=O) groups is 1. The van der Waals surface area contributed by atoms with E-state index in [0.717, 1.165) is 16.6 Å². The molecule has 0 aliphatic rings. The van der Waals surface area contributed by atoms with E-state index < -0.39 is 0 Å². The number of H-pyrrole nitrogens is 1. The molecule has 0 spiro atoms. The molecule has 1 aromatic heterocycles. The fourth-order valence-corrected chi connectivity index (χ4v) is 2.95. The molecule has 2 aromatic carbocycles. The molecular formula is C20H22N2O. The molecule has 3 aromatic rings. The van der Waals surface area contributed by atoms with Crippen molar-refractivity contribution in [1.82, 2.24) is 10.3 Å². The molecule has 3 heteroatoms. The SMILES string of the molecule is Cc1ccccc1C(=O)NCC(C)(C)c1c[nH]c2ccccc12. The highest BCUT2D eigenvalue weighted by molar-refractivity contribution is 5.95. The highest BCUT2D eigenvalue weighted by Gasteiger charge is 2.25. The van der Waals surface area contributed by atoms with Crippen LogP contribution in [0.5, 0.6) is 0 Å². The third-order valence-electron chi connectivity index (χ3n) is 4.40. The first-order valence-corrected chi connectivity index (χ1v) is 7.89. The second-order valence-corrected chi connectivity index (χ2v) is 6.63. The Morgan fingerprint density at radius 1 is 1.09 bits per heavy atom. The Balaban J connectivity index is 1.79. The van der Waals surface area contributed by atoms with Crippen molar-refractivity contribution in [3.8, 4) is 0 Å². The van der Waals surface area contributed by atoms with E-state index in [4.69, 9.17) is 0 Å². The number of amides is 1. The largest absolute Gasteiger partial charge is 0.361 e. The van der Waals surface area contributed by atoms with Crippen molar-refractivity contribution in [3.05, 3.63) is 71.4 Å². The van der Waals surface area contributed by atoms with E-state index in [2.05, 4.69) is 36.3 Å². The van der Waals surface area contributed by atoms with Crippen LogP contribution >= 0.6 is 0 Å². The number of aryl methyl sites for hydroxylation is 1. The first kappa shape index (κ1) is 15.3. The Kier molecular flexibility index (Phi) is 3.95. The maximum Gasteiger partial charge on any atom is 0.251 e. The van der Waals surface area contributed by atoms with Gasteiger partial charge in [-0.1, -0.05) is 50.2 Å². The molecule has 3 rings (SSSR count). The smallest absolute Gasteiger partial charge is 0.251 e. The zero-order chi connectivity index (χ0) is 16.4. The van der Waals surface area contributed by atoms with Crippen molar-refractivity contribution >= 4 is 16.8 Å². The molecule has 0 saturated heterocycles. The normalized spacial score (nSPS) is 11.6. The van der Waals surface area contributed by atoms with Crippen LogP contribution in [0.3, 0.4) is 0 Å². The number of para-hydroxylation sites is 1. The van der Waals surface area contributed by atoms with Gasteiger partial charge in [0.2, 0.25) is 0 Å². The number of fused-ring (bicyclic) bond motifs is 1. The lowest BCUT2D eigenvalue weighted by Crippen LogP contribution is -2.36. The van der Waals surface area contributed by atoms with Gasteiger partial charge in [0, 0.05) is 34.6 Å². The lowest BCUT2D eigenvalue weighted by molar-refractivity contribution is 0.0945. The Hall–Kier alpha value is -2.55. The summed E-state index contributed by atoms with van der Waals surface area (Å²) in [5.41, 5.74) is 3.92. The van der Waals surface area contributed by atoms with Crippen LogP contribution in [0.2, 0.25) is 0 Å². The zero-order valence-corrected chi connectivity index (χ0v) is 13.8. The van der Waals surface area contributed by atoms with Crippen LogP contribution in [-0.2, 0) is 5.41 Å². The van der Waals surface area contributed by atoms with Gasteiger partial charge in [0.05, 0.1) is 0 Å². The highest BCUT2D eigenvalue weighted by Crippen LogP contribution is 2.29. The topological polar surface area (TPSA) is 44.9 Å². The summed E-state index contributed by atoms with van der Waals surface area (Å²) in [7, 11) is 0. The standard InChI is InChI=1S/C20H22N2O/c1-14-8-4-5-9-15(14)19(23)22-13-20(2,3)17-12-21-18-11-7-6-10-16(17)18/h4-12,21H,13H2,1-3H3,(H,22,23). The number of carbonyl (C=O) groups excluding carboxylic acids is 1. The van der Waals surface area contributed by atoms with Gasteiger partial charge in [0.15, 0.2) is 0 Å². The van der Waals surface area contributed by atoms with Gasteiger partial charge < -0.3 is 10.3 Å². The predicted molar refractivity (Wildman–Crippen MR) is 94.8 cm³/mol. The van der Waals surface area contributed by atoms with E-state index in [9.17, 15) is 4.79 Å². The minimum atomic E-state index is -0.155. The van der Waals surface area contributed by atoms with Gasteiger partial charge in [-0.05, 0) is 30.2 Å². The first-order valence-electron chi connectivity index (χ1n) is 7.89.